The van der Waals surface area contributed by atoms with Crippen LogP contribution in [0.25, 0.3) is 0 Å². The zero-order chi connectivity index (χ0) is 15.3. The molecule has 2 rings (SSSR count). The van der Waals surface area contributed by atoms with Gasteiger partial charge in [-0.05, 0) is 30.7 Å². The largest absolute Gasteiger partial charge is 0.313 e. The van der Waals surface area contributed by atoms with Crippen LogP contribution in [0, 0.1) is 6.92 Å². The van der Waals surface area contributed by atoms with Crippen molar-refractivity contribution in [1.82, 2.24) is 20.5 Å². The molecule has 0 aliphatic carbocycles. The lowest BCUT2D eigenvalue weighted by Gasteiger charge is -2.12. The van der Waals surface area contributed by atoms with Gasteiger partial charge in [0.25, 0.3) is 16.0 Å². The standard InChI is InChI=1S/C13H17N5O2S/c1-3-14-9-11-5-4-6-12(10(11)2)21(19,20)18-13-15-7-8-16-17-13/h4-8,14H,3,9H2,1-2H3,(H,15,17,18). The van der Waals surface area contributed by atoms with Gasteiger partial charge in [-0.2, -0.15) is 5.10 Å². The van der Waals surface area contributed by atoms with E-state index in [1.54, 1.807) is 19.1 Å². The Morgan fingerprint density at radius 1 is 1.24 bits per heavy atom. The first kappa shape index (κ1) is 15.3. The summed E-state index contributed by atoms with van der Waals surface area (Å²) < 4.78 is 27.1. The summed E-state index contributed by atoms with van der Waals surface area (Å²) in [6, 6.07) is 5.18. The predicted molar refractivity (Wildman–Crippen MR) is 79.2 cm³/mol. The summed E-state index contributed by atoms with van der Waals surface area (Å²) in [6.45, 7) is 5.22. The van der Waals surface area contributed by atoms with Crippen LogP contribution in [0.2, 0.25) is 0 Å². The molecule has 112 valence electrons. The van der Waals surface area contributed by atoms with E-state index >= 15 is 0 Å². The molecule has 0 unspecified atom stereocenters. The Morgan fingerprint density at radius 2 is 2.05 bits per heavy atom. The first-order chi connectivity index (χ1) is 10.0. The highest BCUT2D eigenvalue weighted by molar-refractivity contribution is 7.92. The van der Waals surface area contributed by atoms with Crippen LogP contribution in [-0.2, 0) is 16.6 Å². The van der Waals surface area contributed by atoms with Crippen molar-refractivity contribution in [1.29, 1.82) is 0 Å². The molecule has 7 nitrogen and oxygen atoms in total. The van der Waals surface area contributed by atoms with E-state index in [9.17, 15) is 8.42 Å². The van der Waals surface area contributed by atoms with Crippen molar-refractivity contribution in [3.63, 3.8) is 0 Å². The van der Waals surface area contributed by atoms with Gasteiger partial charge in [0, 0.05) is 6.54 Å². The van der Waals surface area contributed by atoms with E-state index in [1.165, 1.54) is 12.4 Å². The highest BCUT2D eigenvalue weighted by Gasteiger charge is 2.19. The number of hydrogen-bond acceptors (Lipinski definition) is 6. The maximum atomic E-state index is 12.4. The topological polar surface area (TPSA) is 96.9 Å². The maximum Gasteiger partial charge on any atom is 0.264 e. The van der Waals surface area contributed by atoms with Gasteiger partial charge in [-0.15, -0.1) is 5.10 Å². The van der Waals surface area contributed by atoms with Gasteiger partial charge in [0.1, 0.15) is 0 Å². The number of anilines is 1. The molecule has 0 aliphatic rings. The number of benzene rings is 1. The lowest BCUT2D eigenvalue weighted by molar-refractivity contribution is 0.599. The fraction of sp³-hybridized carbons (Fsp3) is 0.308. The molecular weight excluding hydrogens is 290 g/mol. The Bertz CT molecular complexity index is 704. The third-order valence-corrected chi connectivity index (χ3v) is 4.43. The monoisotopic (exact) mass is 307 g/mol. The molecule has 2 N–H and O–H groups in total. The average molecular weight is 307 g/mol. The van der Waals surface area contributed by atoms with Crippen LogP contribution in [0.15, 0.2) is 35.5 Å². The van der Waals surface area contributed by atoms with Crippen LogP contribution in [0.5, 0.6) is 0 Å². The molecule has 1 aromatic heterocycles. The van der Waals surface area contributed by atoms with Crippen LogP contribution < -0.4 is 10.0 Å². The summed E-state index contributed by atoms with van der Waals surface area (Å²) in [5.41, 5.74) is 1.64. The molecule has 0 saturated carbocycles. The van der Waals surface area contributed by atoms with Crippen molar-refractivity contribution in [2.45, 2.75) is 25.3 Å². The predicted octanol–water partition coefficient (Wildman–Crippen LogP) is 1.09. The third kappa shape index (κ3) is 3.73. The molecule has 8 heteroatoms. The average Bonchev–Trinajstić information content (AvgIpc) is 2.46. The quantitative estimate of drug-likeness (QED) is 0.829. The number of hydrogen-bond donors (Lipinski definition) is 2. The number of sulfonamides is 1. The fourth-order valence-electron chi connectivity index (χ4n) is 1.87. The van der Waals surface area contributed by atoms with E-state index in [2.05, 4.69) is 25.2 Å². The minimum atomic E-state index is -3.73. The Morgan fingerprint density at radius 3 is 2.71 bits per heavy atom. The summed E-state index contributed by atoms with van der Waals surface area (Å²) in [6.07, 6.45) is 2.75. The second-order valence-electron chi connectivity index (χ2n) is 4.39. The molecule has 2 aromatic rings. The molecule has 21 heavy (non-hydrogen) atoms. The molecule has 0 aliphatic heterocycles. The van der Waals surface area contributed by atoms with Gasteiger partial charge in [0.05, 0.1) is 17.3 Å². The number of nitrogens with one attached hydrogen (secondary N) is 2. The van der Waals surface area contributed by atoms with Crippen molar-refractivity contribution >= 4 is 16.0 Å². The maximum absolute atomic E-state index is 12.4. The molecular formula is C13H17N5O2S. The molecule has 0 fully saturated rings. The summed E-state index contributed by atoms with van der Waals surface area (Å²) in [7, 11) is -3.73. The van der Waals surface area contributed by atoms with E-state index in [0.717, 1.165) is 12.1 Å². The summed E-state index contributed by atoms with van der Waals surface area (Å²) in [5, 5.41) is 10.4. The highest BCUT2D eigenvalue weighted by Crippen LogP contribution is 2.20. The van der Waals surface area contributed by atoms with Crippen molar-refractivity contribution < 1.29 is 8.42 Å². The zero-order valence-corrected chi connectivity index (χ0v) is 12.7. The van der Waals surface area contributed by atoms with E-state index in [4.69, 9.17) is 0 Å². The summed E-state index contributed by atoms with van der Waals surface area (Å²) >= 11 is 0. The first-order valence-corrected chi connectivity index (χ1v) is 7.98. The smallest absolute Gasteiger partial charge is 0.264 e. The third-order valence-electron chi connectivity index (χ3n) is 2.96. The highest BCUT2D eigenvalue weighted by atomic mass is 32.2. The van der Waals surface area contributed by atoms with Crippen molar-refractivity contribution in [2.24, 2.45) is 0 Å². The van der Waals surface area contributed by atoms with E-state index < -0.39 is 10.0 Å². The van der Waals surface area contributed by atoms with Gasteiger partial charge < -0.3 is 5.32 Å². The van der Waals surface area contributed by atoms with Crippen molar-refractivity contribution in [2.75, 3.05) is 11.3 Å². The van der Waals surface area contributed by atoms with E-state index in [-0.39, 0.29) is 10.8 Å². The Kier molecular flexibility index (Phi) is 4.81. The van der Waals surface area contributed by atoms with Gasteiger partial charge >= 0.3 is 0 Å². The van der Waals surface area contributed by atoms with Crippen molar-refractivity contribution in [3.8, 4) is 0 Å². The molecule has 1 aromatic carbocycles. The lowest BCUT2D eigenvalue weighted by Crippen LogP contribution is -2.18. The van der Waals surface area contributed by atoms with Gasteiger partial charge in [0.15, 0.2) is 0 Å². The molecule has 0 radical (unpaired) electrons. The lowest BCUT2D eigenvalue weighted by atomic mass is 10.1. The number of aromatic nitrogens is 3. The second-order valence-corrected chi connectivity index (χ2v) is 6.04. The molecule has 0 saturated heterocycles. The Labute approximate surface area is 123 Å². The van der Waals surface area contributed by atoms with Crippen LogP contribution in [-0.4, -0.2) is 30.1 Å². The first-order valence-electron chi connectivity index (χ1n) is 6.50. The molecule has 0 amide bonds. The normalized spacial score (nSPS) is 11.3. The van der Waals surface area contributed by atoms with Gasteiger partial charge in [-0.1, -0.05) is 19.1 Å². The van der Waals surface area contributed by atoms with Crippen LogP contribution >= 0.6 is 0 Å². The summed E-state index contributed by atoms with van der Waals surface area (Å²) in [4.78, 5) is 4.03. The van der Waals surface area contributed by atoms with Crippen molar-refractivity contribution in [3.05, 3.63) is 41.7 Å². The SMILES string of the molecule is CCNCc1cccc(S(=O)(=O)Nc2nccnn2)c1C. The molecule has 0 bridgehead atoms. The Hall–Kier alpha value is -2.06. The number of nitrogens with zero attached hydrogens (tertiary/aromatic N) is 3. The Balaban J connectivity index is 2.32. The minimum absolute atomic E-state index is 0.0472. The molecule has 1 heterocycles. The van der Waals surface area contributed by atoms with Crippen LogP contribution in [0.3, 0.4) is 0 Å². The van der Waals surface area contributed by atoms with Crippen LogP contribution in [0.1, 0.15) is 18.1 Å². The van der Waals surface area contributed by atoms with Gasteiger partial charge in [0.2, 0.25) is 0 Å². The van der Waals surface area contributed by atoms with Gasteiger partial charge in [-0.3, -0.25) is 0 Å². The zero-order valence-electron chi connectivity index (χ0n) is 11.9. The molecule has 0 spiro atoms. The second kappa shape index (κ2) is 6.59. The van der Waals surface area contributed by atoms with Crippen LogP contribution in [0.4, 0.5) is 5.95 Å². The van der Waals surface area contributed by atoms with Gasteiger partial charge in [-0.25, -0.2) is 18.1 Å². The number of rotatable bonds is 6. The fourth-order valence-corrected chi connectivity index (χ4v) is 3.11. The van der Waals surface area contributed by atoms with E-state index in [1.807, 2.05) is 13.0 Å². The molecule has 0 atom stereocenters. The minimum Gasteiger partial charge on any atom is -0.313 e. The summed E-state index contributed by atoms with van der Waals surface area (Å²) in [5.74, 6) is -0.0472. The van der Waals surface area contributed by atoms with E-state index in [0.29, 0.717) is 12.1 Å².